The Morgan fingerprint density at radius 1 is 1.03 bits per heavy atom. The highest BCUT2D eigenvalue weighted by molar-refractivity contribution is 5.92. The fourth-order valence-corrected chi connectivity index (χ4v) is 2.84. The molecular formula is C23H23FN2O3. The number of amides is 2. The molecule has 0 aliphatic heterocycles. The van der Waals surface area contributed by atoms with Crippen molar-refractivity contribution in [3.63, 3.8) is 0 Å². The van der Waals surface area contributed by atoms with Gasteiger partial charge in [-0.05, 0) is 60.0 Å². The highest BCUT2D eigenvalue weighted by Crippen LogP contribution is 2.22. The Morgan fingerprint density at radius 2 is 1.79 bits per heavy atom. The Labute approximate surface area is 168 Å². The molecule has 6 heteroatoms. The number of hydrogen-bond donors (Lipinski definition) is 2. The van der Waals surface area contributed by atoms with Crippen molar-refractivity contribution in [2.75, 3.05) is 5.32 Å². The number of anilines is 1. The third-order valence-corrected chi connectivity index (χ3v) is 4.22. The molecule has 29 heavy (non-hydrogen) atoms. The number of rotatable bonds is 7. The van der Waals surface area contributed by atoms with Gasteiger partial charge in [0.05, 0.1) is 0 Å². The number of furan rings is 1. The van der Waals surface area contributed by atoms with Crippen molar-refractivity contribution in [3.05, 3.63) is 77.8 Å². The van der Waals surface area contributed by atoms with E-state index in [9.17, 15) is 14.0 Å². The van der Waals surface area contributed by atoms with Crippen molar-refractivity contribution in [3.8, 4) is 11.3 Å². The zero-order valence-electron chi connectivity index (χ0n) is 16.4. The van der Waals surface area contributed by atoms with Crippen LogP contribution in [0.4, 0.5) is 10.1 Å². The maximum atomic E-state index is 13.0. The fourth-order valence-electron chi connectivity index (χ4n) is 2.84. The molecular weight excluding hydrogens is 371 g/mol. The molecule has 0 aliphatic rings. The molecule has 0 radical (unpaired) electrons. The van der Waals surface area contributed by atoms with Gasteiger partial charge in [0.15, 0.2) is 5.76 Å². The summed E-state index contributed by atoms with van der Waals surface area (Å²) in [5, 5.41) is 5.66. The normalized spacial score (nSPS) is 10.8. The molecule has 0 fully saturated rings. The van der Waals surface area contributed by atoms with E-state index in [1.165, 1.54) is 12.1 Å². The van der Waals surface area contributed by atoms with Crippen LogP contribution in [0, 0.1) is 11.7 Å². The molecule has 1 heterocycles. The van der Waals surface area contributed by atoms with E-state index in [2.05, 4.69) is 10.6 Å². The molecule has 0 saturated heterocycles. The number of nitrogens with one attached hydrogen (secondary N) is 2. The second kappa shape index (κ2) is 9.19. The van der Waals surface area contributed by atoms with Gasteiger partial charge in [-0.15, -0.1) is 0 Å². The van der Waals surface area contributed by atoms with E-state index in [-0.39, 0.29) is 29.3 Å². The van der Waals surface area contributed by atoms with Crippen molar-refractivity contribution in [2.45, 2.75) is 26.8 Å². The molecule has 5 nitrogen and oxygen atoms in total. The summed E-state index contributed by atoms with van der Waals surface area (Å²) >= 11 is 0. The van der Waals surface area contributed by atoms with Crippen LogP contribution in [0.25, 0.3) is 11.3 Å². The fraction of sp³-hybridized carbons (Fsp3) is 0.217. The molecule has 3 rings (SSSR count). The molecule has 3 aromatic rings. The van der Waals surface area contributed by atoms with E-state index < -0.39 is 0 Å². The summed E-state index contributed by atoms with van der Waals surface area (Å²) in [5.74, 6) is 0.222. The van der Waals surface area contributed by atoms with E-state index in [0.717, 1.165) is 5.56 Å². The molecule has 150 valence electrons. The molecule has 1 aromatic heterocycles. The lowest BCUT2D eigenvalue weighted by Crippen LogP contribution is -2.22. The quantitative estimate of drug-likeness (QED) is 0.592. The summed E-state index contributed by atoms with van der Waals surface area (Å²) < 4.78 is 18.6. The zero-order chi connectivity index (χ0) is 20.8. The molecule has 0 atom stereocenters. The lowest BCUT2D eigenvalue weighted by molar-refractivity contribution is -0.116. The van der Waals surface area contributed by atoms with Gasteiger partial charge >= 0.3 is 0 Å². The number of carbonyl (C=O) groups excluding carboxylic acids is 2. The van der Waals surface area contributed by atoms with Crippen LogP contribution in [-0.2, 0) is 11.3 Å². The number of hydrogen-bond acceptors (Lipinski definition) is 3. The van der Waals surface area contributed by atoms with Crippen LogP contribution in [0.2, 0.25) is 0 Å². The summed E-state index contributed by atoms with van der Waals surface area (Å²) in [6.07, 6.45) is 0.454. The second-order valence-corrected chi connectivity index (χ2v) is 7.20. The van der Waals surface area contributed by atoms with Crippen molar-refractivity contribution >= 4 is 17.5 Å². The lowest BCUT2D eigenvalue weighted by atomic mass is 10.1. The van der Waals surface area contributed by atoms with Gasteiger partial charge in [0, 0.05) is 24.2 Å². The van der Waals surface area contributed by atoms with Crippen molar-refractivity contribution in [1.29, 1.82) is 0 Å². The topological polar surface area (TPSA) is 71.3 Å². The maximum Gasteiger partial charge on any atom is 0.287 e. The van der Waals surface area contributed by atoms with Crippen molar-refractivity contribution < 1.29 is 18.4 Å². The lowest BCUT2D eigenvalue weighted by Gasteiger charge is -2.09. The second-order valence-electron chi connectivity index (χ2n) is 7.20. The van der Waals surface area contributed by atoms with E-state index >= 15 is 0 Å². The summed E-state index contributed by atoms with van der Waals surface area (Å²) in [4.78, 5) is 24.3. The maximum absolute atomic E-state index is 13.0. The highest BCUT2D eigenvalue weighted by Gasteiger charge is 2.12. The minimum Gasteiger partial charge on any atom is -0.451 e. The number of carbonyl (C=O) groups is 2. The van der Waals surface area contributed by atoms with Crippen molar-refractivity contribution in [1.82, 2.24) is 5.32 Å². The summed E-state index contributed by atoms with van der Waals surface area (Å²) in [6.45, 7) is 4.27. The smallest absolute Gasteiger partial charge is 0.287 e. The SMILES string of the molecule is CC(C)CC(=O)Nc1cccc(CNC(=O)c2ccc(-c3ccc(F)cc3)o2)c1. The van der Waals surface area contributed by atoms with Gasteiger partial charge in [-0.2, -0.15) is 0 Å². The molecule has 0 spiro atoms. The highest BCUT2D eigenvalue weighted by atomic mass is 19.1. The standard InChI is InChI=1S/C23H23FN2O3/c1-15(2)12-22(27)26-19-5-3-4-16(13-19)14-25-23(28)21-11-10-20(29-21)17-6-8-18(24)9-7-17/h3-11,13,15H,12,14H2,1-2H3,(H,25,28)(H,26,27). The van der Waals surface area contributed by atoms with Gasteiger partial charge in [0.1, 0.15) is 11.6 Å². The van der Waals surface area contributed by atoms with E-state index in [1.54, 1.807) is 24.3 Å². The Balaban J connectivity index is 1.59. The monoisotopic (exact) mass is 394 g/mol. The minimum absolute atomic E-state index is 0.0370. The first-order valence-corrected chi connectivity index (χ1v) is 9.43. The Hall–Kier alpha value is -3.41. The van der Waals surface area contributed by atoms with Gasteiger partial charge in [-0.3, -0.25) is 9.59 Å². The summed E-state index contributed by atoms with van der Waals surface area (Å²) in [7, 11) is 0. The Kier molecular flexibility index (Phi) is 6.44. The first kappa shape index (κ1) is 20.3. The van der Waals surface area contributed by atoms with Crippen LogP contribution < -0.4 is 10.6 Å². The molecule has 2 amide bonds. The summed E-state index contributed by atoms with van der Waals surface area (Å²) in [5.41, 5.74) is 2.24. The molecule has 2 N–H and O–H groups in total. The van der Waals surface area contributed by atoms with Crippen LogP contribution in [0.15, 0.2) is 65.1 Å². The van der Waals surface area contributed by atoms with Gasteiger partial charge < -0.3 is 15.1 Å². The van der Waals surface area contributed by atoms with E-state index in [0.29, 0.717) is 30.0 Å². The Morgan fingerprint density at radius 3 is 2.52 bits per heavy atom. The van der Waals surface area contributed by atoms with Crippen LogP contribution in [0.3, 0.4) is 0 Å². The molecule has 0 saturated carbocycles. The predicted molar refractivity (Wildman–Crippen MR) is 110 cm³/mol. The van der Waals surface area contributed by atoms with E-state index in [4.69, 9.17) is 4.42 Å². The first-order chi connectivity index (χ1) is 13.9. The van der Waals surface area contributed by atoms with Gasteiger partial charge in [0.25, 0.3) is 5.91 Å². The zero-order valence-corrected chi connectivity index (χ0v) is 16.4. The third-order valence-electron chi connectivity index (χ3n) is 4.22. The largest absolute Gasteiger partial charge is 0.451 e. The third kappa shape index (κ3) is 5.78. The van der Waals surface area contributed by atoms with Crippen LogP contribution in [0.5, 0.6) is 0 Å². The van der Waals surface area contributed by atoms with Gasteiger partial charge in [-0.25, -0.2) is 4.39 Å². The number of halogens is 1. The number of benzene rings is 2. The average Bonchev–Trinajstić information content (AvgIpc) is 3.16. The molecule has 0 unspecified atom stereocenters. The Bertz CT molecular complexity index is 993. The summed E-state index contributed by atoms with van der Waals surface area (Å²) in [6, 6.07) is 16.4. The molecule has 2 aromatic carbocycles. The average molecular weight is 394 g/mol. The first-order valence-electron chi connectivity index (χ1n) is 9.43. The van der Waals surface area contributed by atoms with Crippen LogP contribution in [0.1, 0.15) is 36.4 Å². The van der Waals surface area contributed by atoms with Crippen LogP contribution >= 0.6 is 0 Å². The van der Waals surface area contributed by atoms with Gasteiger partial charge in [-0.1, -0.05) is 26.0 Å². The molecule has 0 bridgehead atoms. The van der Waals surface area contributed by atoms with E-state index in [1.807, 2.05) is 38.1 Å². The van der Waals surface area contributed by atoms with Gasteiger partial charge in [0.2, 0.25) is 5.91 Å². The predicted octanol–water partition coefficient (Wildman–Crippen LogP) is 5.00. The molecule has 0 aliphatic carbocycles. The minimum atomic E-state index is -0.354. The van der Waals surface area contributed by atoms with Crippen LogP contribution in [-0.4, -0.2) is 11.8 Å². The van der Waals surface area contributed by atoms with Crippen molar-refractivity contribution in [2.24, 2.45) is 5.92 Å².